The van der Waals surface area contributed by atoms with E-state index in [1.54, 1.807) is 48.5 Å². The summed E-state index contributed by atoms with van der Waals surface area (Å²) in [6.07, 6.45) is 14.5. The molecule has 0 bridgehead atoms. The van der Waals surface area contributed by atoms with Crippen LogP contribution in [0.1, 0.15) is 90.9 Å². The van der Waals surface area contributed by atoms with Crippen LogP contribution < -0.4 is 72.0 Å². The number of rotatable bonds is 27. The molecule has 0 fully saturated rings. The Morgan fingerprint density at radius 1 is 0.521 bits per heavy atom. The molecule has 6 rings (SSSR count). The summed E-state index contributed by atoms with van der Waals surface area (Å²) in [5, 5.41) is 54.5. The molecule has 0 radical (unpaired) electrons. The molecule has 6 aromatic rings. The van der Waals surface area contributed by atoms with Crippen LogP contribution in [0.15, 0.2) is 137 Å². The largest absolute Gasteiger partial charge is 1.00 e. The Bertz CT molecular complexity index is 3040. The maximum absolute atomic E-state index is 14.0. The molecule has 0 aliphatic heterocycles. The number of methoxy groups -OCH3 is 2. The van der Waals surface area contributed by atoms with E-state index in [0.29, 0.717) is 34.1 Å². The summed E-state index contributed by atoms with van der Waals surface area (Å²) in [4.78, 5) is -0.617. The molecule has 6 aromatic carbocycles. The minimum atomic E-state index is -4.90. The molecule has 0 aliphatic rings. The van der Waals surface area contributed by atoms with Crippen molar-refractivity contribution < 1.29 is 57.1 Å². The zero-order valence-corrected chi connectivity index (χ0v) is 45.1. The van der Waals surface area contributed by atoms with Gasteiger partial charge in [-0.2, -0.15) is 23.8 Å². The van der Waals surface area contributed by atoms with Crippen molar-refractivity contribution in [2.45, 2.75) is 95.8 Å². The SMILES string of the molecule is CCCCCCCCNc1ccc(N=Nc2ccc(N=Nc3cc(S(=O)(=O)O)c4ccc(N=Nc5ccc(N=Nc6ccc(NCCCCCCCC)cc6N)cc5OC)c([O-])c4c3N)c(OC)c2)c(N)c1.[Na+]. The van der Waals surface area contributed by atoms with E-state index in [4.69, 9.17) is 26.7 Å². The summed E-state index contributed by atoms with van der Waals surface area (Å²) < 4.78 is 46.7. The zero-order chi connectivity index (χ0) is 51.5. The predicted octanol–water partition coefficient (Wildman–Crippen LogP) is 12.1. The first kappa shape index (κ1) is 57.2. The van der Waals surface area contributed by atoms with E-state index < -0.39 is 20.8 Å². The van der Waals surface area contributed by atoms with E-state index >= 15 is 0 Å². The Labute approximate surface area is 449 Å². The van der Waals surface area contributed by atoms with Gasteiger partial charge in [0.05, 0.1) is 48.3 Å². The first-order valence-corrected chi connectivity index (χ1v) is 25.6. The van der Waals surface area contributed by atoms with Gasteiger partial charge in [0.1, 0.15) is 44.8 Å². The van der Waals surface area contributed by atoms with Gasteiger partial charge in [0.15, 0.2) is 0 Å². The van der Waals surface area contributed by atoms with Gasteiger partial charge in [0.25, 0.3) is 10.1 Å². The number of nitrogen functional groups attached to an aromatic ring is 3. The number of nitrogens with zero attached hydrogens (tertiary/aromatic N) is 8. The van der Waals surface area contributed by atoms with E-state index in [9.17, 15) is 18.1 Å². The van der Waals surface area contributed by atoms with Gasteiger partial charge < -0.3 is 42.4 Å². The van der Waals surface area contributed by atoms with Crippen LogP contribution in [0.5, 0.6) is 17.2 Å². The first-order valence-electron chi connectivity index (χ1n) is 24.2. The van der Waals surface area contributed by atoms with Crippen LogP contribution >= 0.6 is 0 Å². The van der Waals surface area contributed by atoms with Crippen LogP contribution in [0.25, 0.3) is 10.8 Å². The predicted molar refractivity (Wildman–Crippen MR) is 286 cm³/mol. The molecule has 0 saturated heterocycles. The second-order valence-corrected chi connectivity index (χ2v) is 18.5. The molecule has 0 aliphatic carbocycles. The zero-order valence-electron chi connectivity index (χ0n) is 42.3. The van der Waals surface area contributed by atoms with Crippen molar-refractivity contribution in [2.24, 2.45) is 40.9 Å². The number of ether oxygens (including phenoxy) is 2. The summed E-state index contributed by atoms with van der Waals surface area (Å²) in [7, 11) is -2.04. The molecular formula is C52H64N13NaO6S. The number of azo groups is 4. The maximum atomic E-state index is 14.0. The fraction of sp³-hybridized carbons (Fsp3) is 0.346. The molecule has 0 spiro atoms. The number of fused-ring (bicyclic) bond motifs is 1. The molecule has 0 unspecified atom stereocenters. The maximum Gasteiger partial charge on any atom is 1.00 e. The fourth-order valence-corrected chi connectivity index (χ4v) is 8.38. The average Bonchev–Trinajstić information content (AvgIpc) is 3.37. The molecule has 9 N–H and O–H groups in total. The van der Waals surface area contributed by atoms with Crippen LogP contribution in [0.3, 0.4) is 0 Å². The van der Waals surface area contributed by atoms with Crippen LogP contribution in [-0.2, 0) is 10.1 Å². The number of unbranched alkanes of at least 4 members (excludes halogenated alkanes) is 10. The standard InChI is InChI=1S/C52H65N13O6S.Na/c1-5-7-9-11-13-15-27-56-34-17-22-41(39(53)29-34)60-58-36-19-24-43(47(31-36)70-3)62-64-45-26-21-38-49(72(67,68)69)33-46(51(55)50(38)52(45)66)65-63-44-25-20-37(32-48(44)71-4)59-61-42-23-18-35(30-40(42)54)57-28-16-14-12-10-8-6-2;/h17-26,29-33,56-57,66H,5-16,27-28,53-55H2,1-4H3,(H,67,68,69);/q;+1/p-1. The van der Waals surface area contributed by atoms with Crippen molar-refractivity contribution in [3.63, 3.8) is 0 Å². The molecule has 73 heavy (non-hydrogen) atoms. The number of nitrogens with two attached hydrogens (primary N) is 3. The molecule has 0 heterocycles. The van der Waals surface area contributed by atoms with Gasteiger partial charge in [-0.3, -0.25) is 4.55 Å². The summed E-state index contributed by atoms with van der Waals surface area (Å²) in [5.41, 5.74) is 23.5. The van der Waals surface area contributed by atoms with E-state index in [-0.39, 0.29) is 80.3 Å². The van der Waals surface area contributed by atoms with Crippen molar-refractivity contribution >= 4 is 94.8 Å². The Balaban J connectivity index is 0.00000988. The summed E-state index contributed by atoms with van der Waals surface area (Å²) in [6.45, 7) is 6.13. The molecule has 21 heteroatoms. The van der Waals surface area contributed by atoms with E-state index in [0.717, 1.165) is 43.4 Å². The normalized spacial score (nSPS) is 11.8. The van der Waals surface area contributed by atoms with Crippen molar-refractivity contribution in [1.29, 1.82) is 0 Å². The number of nitrogens with one attached hydrogen (secondary N) is 2. The van der Waals surface area contributed by atoms with E-state index in [1.807, 2.05) is 24.3 Å². The fourth-order valence-electron chi connectivity index (χ4n) is 7.68. The number of benzene rings is 6. The minimum absolute atomic E-state index is 0. The van der Waals surface area contributed by atoms with Crippen molar-refractivity contribution in [1.82, 2.24) is 0 Å². The van der Waals surface area contributed by atoms with Gasteiger partial charge in [-0.25, -0.2) is 0 Å². The Morgan fingerprint density at radius 3 is 1.38 bits per heavy atom. The van der Waals surface area contributed by atoms with Gasteiger partial charge in [0.2, 0.25) is 0 Å². The third-order valence-electron chi connectivity index (χ3n) is 11.7. The third-order valence-corrected chi connectivity index (χ3v) is 12.6. The van der Waals surface area contributed by atoms with Gasteiger partial charge in [0, 0.05) is 47.4 Å². The third kappa shape index (κ3) is 16.4. The van der Waals surface area contributed by atoms with Gasteiger partial charge in [-0.1, -0.05) is 89.9 Å². The number of anilines is 5. The Morgan fingerprint density at radius 2 is 0.932 bits per heavy atom. The molecule has 0 saturated carbocycles. The van der Waals surface area contributed by atoms with Gasteiger partial charge in [-0.15, -0.1) is 25.6 Å². The van der Waals surface area contributed by atoms with Crippen molar-refractivity contribution in [3.8, 4) is 17.2 Å². The molecular weight excluding hydrogens is 958 g/mol. The molecule has 380 valence electrons. The van der Waals surface area contributed by atoms with Crippen LogP contribution in [0, 0.1) is 0 Å². The minimum Gasteiger partial charge on any atom is -0.870 e. The molecule has 0 atom stereocenters. The van der Waals surface area contributed by atoms with Gasteiger partial charge in [-0.05, 0) is 85.6 Å². The number of hydrogen-bond donors (Lipinski definition) is 6. The first-order chi connectivity index (χ1) is 34.8. The summed E-state index contributed by atoms with van der Waals surface area (Å²) >= 11 is 0. The van der Waals surface area contributed by atoms with Crippen LogP contribution in [0.4, 0.5) is 73.9 Å². The van der Waals surface area contributed by atoms with E-state index in [2.05, 4.69) is 65.4 Å². The summed E-state index contributed by atoms with van der Waals surface area (Å²) in [5.74, 6) is -0.269. The van der Waals surface area contributed by atoms with E-state index in [1.165, 1.54) is 90.6 Å². The monoisotopic (exact) mass is 1020 g/mol. The second-order valence-electron chi connectivity index (χ2n) is 17.1. The summed E-state index contributed by atoms with van der Waals surface area (Å²) in [6, 6.07) is 24.2. The second kappa shape index (κ2) is 28.5. The Hall–Kier alpha value is -6.71. The van der Waals surface area contributed by atoms with Crippen LogP contribution in [0.2, 0.25) is 0 Å². The smallest absolute Gasteiger partial charge is 0.870 e. The van der Waals surface area contributed by atoms with Crippen molar-refractivity contribution in [2.75, 3.05) is 55.1 Å². The quantitative estimate of drug-likeness (QED) is 0.00926. The van der Waals surface area contributed by atoms with Gasteiger partial charge >= 0.3 is 29.6 Å². The molecule has 19 nitrogen and oxygen atoms in total. The molecule has 0 amide bonds. The topological polar surface area (TPSA) is 297 Å². The van der Waals surface area contributed by atoms with Crippen molar-refractivity contribution in [3.05, 3.63) is 91.0 Å². The molecule has 0 aromatic heterocycles. The average molecular weight is 1020 g/mol. The number of hydrogen-bond acceptors (Lipinski definition) is 18. The van der Waals surface area contributed by atoms with Crippen LogP contribution in [-0.4, -0.2) is 40.3 Å². The Kier molecular flexibility index (Phi) is 22.3.